The highest BCUT2D eigenvalue weighted by Crippen LogP contribution is 2.17. The summed E-state index contributed by atoms with van der Waals surface area (Å²) in [4.78, 5) is 10.4. The molecule has 1 aromatic heterocycles. The number of carboxylic acid groups (broad SMARTS) is 1. The Kier molecular flexibility index (Phi) is 1.85. The zero-order valence-corrected chi connectivity index (χ0v) is 7.56. The van der Waals surface area contributed by atoms with Crippen LogP contribution in [0.15, 0.2) is 24.4 Å². The quantitative estimate of drug-likeness (QED) is 0.720. The van der Waals surface area contributed by atoms with E-state index in [1.165, 1.54) is 0 Å². The Morgan fingerprint density at radius 3 is 3.07 bits per heavy atom. The average Bonchev–Trinajstić information content (AvgIpc) is 2.47. The molecule has 0 aliphatic rings. The smallest absolute Gasteiger partial charge is 0.409 e. The molecule has 1 heterocycles. The number of carbonyl (C=O) groups is 1. The molecule has 1 aromatic carbocycles. The topological polar surface area (TPSA) is 67.2 Å². The lowest BCUT2D eigenvalue weighted by atomic mass is 10.2. The van der Waals surface area contributed by atoms with Crippen molar-refractivity contribution in [2.24, 2.45) is 7.05 Å². The third-order valence-corrected chi connectivity index (χ3v) is 2.00. The highest BCUT2D eigenvalue weighted by Gasteiger charge is 2.02. The van der Waals surface area contributed by atoms with Crippen molar-refractivity contribution in [2.45, 2.75) is 0 Å². The Hall–Kier alpha value is -2.04. The summed E-state index contributed by atoms with van der Waals surface area (Å²) in [6.07, 6.45) is 0.673. The standard InChI is InChI=1S/C9H9N3O2/c1-12-8-4-7(11-9(13)14)3-2-6(8)5-10-12/h2-5,11H,1H3,(H,13,14). The number of nitrogens with one attached hydrogen (secondary N) is 1. The molecule has 1 amide bonds. The van der Waals surface area contributed by atoms with E-state index in [-0.39, 0.29) is 0 Å². The van der Waals surface area contributed by atoms with Crippen molar-refractivity contribution in [3.05, 3.63) is 24.4 Å². The number of hydrogen-bond donors (Lipinski definition) is 2. The van der Waals surface area contributed by atoms with Gasteiger partial charge in [0, 0.05) is 18.1 Å². The minimum atomic E-state index is -1.06. The van der Waals surface area contributed by atoms with E-state index < -0.39 is 6.09 Å². The van der Waals surface area contributed by atoms with Gasteiger partial charge in [-0.1, -0.05) is 0 Å². The van der Waals surface area contributed by atoms with Gasteiger partial charge in [0.15, 0.2) is 0 Å². The fourth-order valence-electron chi connectivity index (χ4n) is 1.35. The molecule has 72 valence electrons. The molecule has 2 rings (SSSR count). The average molecular weight is 191 g/mol. The summed E-state index contributed by atoms with van der Waals surface area (Å²) in [5, 5.41) is 15.9. The van der Waals surface area contributed by atoms with E-state index in [1.807, 2.05) is 13.1 Å². The first-order valence-corrected chi connectivity index (χ1v) is 4.08. The zero-order chi connectivity index (χ0) is 10.1. The number of rotatable bonds is 1. The van der Waals surface area contributed by atoms with E-state index in [9.17, 15) is 4.79 Å². The van der Waals surface area contributed by atoms with E-state index in [2.05, 4.69) is 10.4 Å². The first-order chi connectivity index (χ1) is 6.66. The van der Waals surface area contributed by atoms with Gasteiger partial charge in [0.25, 0.3) is 0 Å². The van der Waals surface area contributed by atoms with Gasteiger partial charge in [0.05, 0.1) is 11.7 Å². The minimum Gasteiger partial charge on any atom is -0.465 e. The van der Waals surface area contributed by atoms with Crippen molar-refractivity contribution in [3.63, 3.8) is 0 Å². The fourth-order valence-corrected chi connectivity index (χ4v) is 1.35. The second-order valence-corrected chi connectivity index (χ2v) is 2.97. The second-order valence-electron chi connectivity index (χ2n) is 2.97. The van der Waals surface area contributed by atoms with Crippen molar-refractivity contribution in [2.75, 3.05) is 5.32 Å². The summed E-state index contributed by atoms with van der Waals surface area (Å²) >= 11 is 0. The Morgan fingerprint density at radius 1 is 1.57 bits per heavy atom. The molecule has 0 aliphatic heterocycles. The number of hydrogen-bond acceptors (Lipinski definition) is 2. The van der Waals surface area contributed by atoms with Crippen LogP contribution in [0.3, 0.4) is 0 Å². The Bertz CT molecular complexity index is 490. The number of benzene rings is 1. The van der Waals surface area contributed by atoms with Crippen molar-refractivity contribution >= 4 is 22.7 Å². The zero-order valence-electron chi connectivity index (χ0n) is 7.56. The van der Waals surface area contributed by atoms with Crippen LogP contribution in [0.25, 0.3) is 10.9 Å². The van der Waals surface area contributed by atoms with Crippen LogP contribution in [0.5, 0.6) is 0 Å². The number of aryl methyl sites for hydroxylation is 1. The predicted molar refractivity (Wildman–Crippen MR) is 52.4 cm³/mol. The van der Waals surface area contributed by atoms with Crippen molar-refractivity contribution in [1.82, 2.24) is 9.78 Å². The first kappa shape index (κ1) is 8.55. The number of fused-ring (bicyclic) bond motifs is 1. The van der Waals surface area contributed by atoms with Crippen LogP contribution in [-0.4, -0.2) is 21.0 Å². The molecule has 0 saturated carbocycles. The molecule has 0 fully saturated rings. The van der Waals surface area contributed by atoms with Crippen molar-refractivity contribution < 1.29 is 9.90 Å². The minimum absolute atomic E-state index is 0.550. The largest absolute Gasteiger partial charge is 0.465 e. The third-order valence-electron chi connectivity index (χ3n) is 2.00. The van der Waals surface area contributed by atoms with Gasteiger partial charge in [-0.3, -0.25) is 10.00 Å². The summed E-state index contributed by atoms with van der Waals surface area (Å²) in [5.41, 5.74) is 1.45. The van der Waals surface area contributed by atoms with Gasteiger partial charge in [-0.2, -0.15) is 5.10 Å². The molecule has 0 bridgehead atoms. The maximum Gasteiger partial charge on any atom is 0.409 e. The molecule has 5 nitrogen and oxygen atoms in total. The van der Waals surface area contributed by atoms with Gasteiger partial charge in [0.1, 0.15) is 0 Å². The second kappa shape index (κ2) is 3.02. The van der Waals surface area contributed by atoms with Gasteiger partial charge in [-0.15, -0.1) is 0 Å². The lowest BCUT2D eigenvalue weighted by Gasteiger charge is -2.00. The summed E-state index contributed by atoms with van der Waals surface area (Å²) in [6, 6.07) is 5.28. The maximum absolute atomic E-state index is 10.4. The predicted octanol–water partition coefficient (Wildman–Crippen LogP) is 1.66. The maximum atomic E-state index is 10.4. The number of aromatic nitrogens is 2. The molecule has 0 aliphatic carbocycles. The van der Waals surface area contributed by atoms with Crippen LogP contribution in [-0.2, 0) is 7.05 Å². The van der Waals surface area contributed by atoms with Crippen LogP contribution >= 0.6 is 0 Å². The Labute approximate surface area is 80.0 Å². The van der Waals surface area contributed by atoms with Crippen molar-refractivity contribution in [3.8, 4) is 0 Å². The Balaban J connectivity index is 2.49. The number of amides is 1. The number of nitrogens with zero attached hydrogens (tertiary/aromatic N) is 2. The van der Waals surface area contributed by atoms with Gasteiger partial charge < -0.3 is 5.11 Å². The molecule has 0 spiro atoms. The van der Waals surface area contributed by atoms with Gasteiger partial charge in [-0.05, 0) is 18.2 Å². The molecule has 5 heteroatoms. The van der Waals surface area contributed by atoms with E-state index in [4.69, 9.17) is 5.11 Å². The van der Waals surface area contributed by atoms with Crippen molar-refractivity contribution in [1.29, 1.82) is 0 Å². The SMILES string of the molecule is Cn1ncc2ccc(NC(=O)O)cc21. The van der Waals surface area contributed by atoms with E-state index in [1.54, 1.807) is 23.0 Å². The first-order valence-electron chi connectivity index (χ1n) is 4.08. The van der Waals surface area contributed by atoms with E-state index in [0.29, 0.717) is 5.69 Å². The van der Waals surface area contributed by atoms with E-state index in [0.717, 1.165) is 10.9 Å². The fraction of sp³-hybridized carbons (Fsp3) is 0.111. The van der Waals surface area contributed by atoms with Gasteiger partial charge >= 0.3 is 6.09 Å². The van der Waals surface area contributed by atoms with Gasteiger partial charge in [-0.25, -0.2) is 4.79 Å². The monoisotopic (exact) mass is 191 g/mol. The summed E-state index contributed by atoms with van der Waals surface area (Å²) in [6.45, 7) is 0. The molecular weight excluding hydrogens is 182 g/mol. The van der Waals surface area contributed by atoms with Crippen LogP contribution in [0, 0.1) is 0 Å². The molecule has 14 heavy (non-hydrogen) atoms. The molecule has 2 aromatic rings. The molecule has 0 saturated heterocycles. The molecular formula is C9H9N3O2. The van der Waals surface area contributed by atoms with E-state index >= 15 is 0 Å². The summed E-state index contributed by atoms with van der Waals surface area (Å²) in [7, 11) is 1.81. The van der Waals surface area contributed by atoms with Crippen LogP contribution in [0.1, 0.15) is 0 Å². The lowest BCUT2D eigenvalue weighted by Crippen LogP contribution is -2.06. The highest BCUT2D eigenvalue weighted by atomic mass is 16.4. The highest BCUT2D eigenvalue weighted by molar-refractivity contribution is 5.88. The molecule has 2 N–H and O–H groups in total. The summed E-state index contributed by atoms with van der Waals surface area (Å²) in [5.74, 6) is 0. The molecule has 0 atom stereocenters. The summed E-state index contributed by atoms with van der Waals surface area (Å²) < 4.78 is 1.70. The normalized spacial score (nSPS) is 10.4. The molecule has 0 unspecified atom stereocenters. The van der Waals surface area contributed by atoms with Crippen LogP contribution in [0.2, 0.25) is 0 Å². The van der Waals surface area contributed by atoms with Gasteiger partial charge in [0.2, 0.25) is 0 Å². The van der Waals surface area contributed by atoms with Crippen LogP contribution < -0.4 is 5.32 Å². The van der Waals surface area contributed by atoms with Crippen LogP contribution in [0.4, 0.5) is 10.5 Å². The third kappa shape index (κ3) is 1.39. The Morgan fingerprint density at radius 2 is 2.36 bits per heavy atom. The lowest BCUT2D eigenvalue weighted by molar-refractivity contribution is 0.210. The molecule has 0 radical (unpaired) electrons. The number of anilines is 1.